The van der Waals surface area contributed by atoms with Crippen LogP contribution in [0.2, 0.25) is 0 Å². The van der Waals surface area contributed by atoms with Crippen LogP contribution in [0.25, 0.3) is 34.3 Å². The van der Waals surface area contributed by atoms with E-state index < -0.39 is 0 Å². The topological polar surface area (TPSA) is 52.1 Å². The van der Waals surface area contributed by atoms with E-state index in [0.717, 1.165) is 11.1 Å². The first-order valence-electron chi connectivity index (χ1n) is 7.93. The van der Waals surface area contributed by atoms with Crippen molar-refractivity contribution in [3.63, 3.8) is 0 Å². The first-order chi connectivity index (χ1) is 11.5. The molecule has 120 valence electrons. The zero-order valence-corrected chi connectivity index (χ0v) is 14.2. The summed E-state index contributed by atoms with van der Waals surface area (Å²) in [7, 11) is 0. The number of hydrogen-bond acceptors (Lipinski definition) is 4. The summed E-state index contributed by atoms with van der Waals surface area (Å²) in [6.45, 7) is 8.22. The number of oxazole rings is 2. The summed E-state index contributed by atoms with van der Waals surface area (Å²) in [4.78, 5) is 8.92. The molecule has 0 spiro atoms. The van der Waals surface area contributed by atoms with Gasteiger partial charge >= 0.3 is 0 Å². The Hall–Kier alpha value is -2.88. The van der Waals surface area contributed by atoms with Crippen molar-refractivity contribution >= 4 is 11.4 Å². The van der Waals surface area contributed by atoms with E-state index in [1.807, 2.05) is 24.3 Å². The first-order valence-corrected chi connectivity index (χ1v) is 7.93. The van der Waals surface area contributed by atoms with E-state index in [1.54, 1.807) is 0 Å². The van der Waals surface area contributed by atoms with Crippen LogP contribution in [-0.2, 0) is 0 Å². The van der Waals surface area contributed by atoms with E-state index in [2.05, 4.69) is 49.8 Å². The van der Waals surface area contributed by atoms with E-state index in [9.17, 15) is 0 Å². The zero-order chi connectivity index (χ0) is 16.8. The summed E-state index contributed by atoms with van der Waals surface area (Å²) in [6.07, 6.45) is 0. The van der Waals surface area contributed by atoms with Crippen LogP contribution in [0, 0.1) is 27.7 Å². The monoisotopic (exact) mass is 318 g/mol. The molecular formula is C20H18N2O2. The Morgan fingerprint density at radius 3 is 1.21 bits per heavy atom. The van der Waals surface area contributed by atoms with Gasteiger partial charge in [0.1, 0.15) is 0 Å². The lowest BCUT2D eigenvalue weighted by Gasteiger charge is -2.01. The predicted molar refractivity (Wildman–Crippen MR) is 93.9 cm³/mol. The molecule has 0 saturated heterocycles. The van der Waals surface area contributed by atoms with E-state index in [4.69, 9.17) is 8.83 Å². The minimum absolute atomic E-state index is 0.429. The molecule has 4 rings (SSSR count). The lowest BCUT2D eigenvalue weighted by atomic mass is 10.1. The summed E-state index contributed by atoms with van der Waals surface area (Å²) in [5, 5.41) is 0. The minimum atomic E-state index is 0.429. The summed E-state index contributed by atoms with van der Waals surface area (Å²) in [6, 6.07) is 12.4. The van der Waals surface area contributed by atoms with Gasteiger partial charge in [0.25, 0.3) is 11.4 Å². The van der Waals surface area contributed by atoms with Crippen LogP contribution in [0.1, 0.15) is 22.3 Å². The van der Waals surface area contributed by atoms with Crippen molar-refractivity contribution in [2.75, 3.05) is 0 Å². The van der Waals surface area contributed by atoms with Crippen LogP contribution in [0.3, 0.4) is 0 Å². The molecule has 4 nitrogen and oxygen atoms in total. The average Bonchev–Trinajstić information content (AvgIpc) is 3.03. The molecule has 0 amide bonds. The molecular weight excluding hydrogens is 300 g/mol. The van der Waals surface area contributed by atoms with Crippen LogP contribution in [-0.4, -0.2) is 9.97 Å². The Morgan fingerprint density at radius 2 is 0.875 bits per heavy atom. The van der Waals surface area contributed by atoms with Gasteiger partial charge in [-0.15, -0.1) is 0 Å². The smallest absolute Gasteiger partial charge is 0.288 e. The molecule has 2 aromatic heterocycles. The number of nitrogens with zero attached hydrogens (tertiary/aromatic N) is 2. The second-order valence-corrected chi connectivity index (χ2v) is 6.40. The third kappa shape index (κ3) is 2.60. The number of hydrogen-bond donors (Lipinski definition) is 0. The fourth-order valence-corrected chi connectivity index (χ4v) is 3.09. The fraction of sp³-hybridized carbons (Fsp3) is 0.200. The standard InChI is InChI=1S/C20H18N2O2/c1-11-5-12(2)8-15(7-11)17-21-19-20(23-17)22-18(24-19)16-9-13(3)6-14(4)10-16/h5-10H,1-4H3. The molecule has 0 aliphatic rings. The highest BCUT2D eigenvalue weighted by molar-refractivity contribution is 5.72. The van der Waals surface area contributed by atoms with Gasteiger partial charge in [-0.2, -0.15) is 9.97 Å². The van der Waals surface area contributed by atoms with Gasteiger partial charge in [0, 0.05) is 11.1 Å². The SMILES string of the molecule is Cc1cc(C)cc(-c2nc3oc(-c4cc(C)cc(C)c4)nc3o2)c1. The Balaban J connectivity index is 1.77. The van der Waals surface area contributed by atoms with Crippen molar-refractivity contribution in [2.45, 2.75) is 27.7 Å². The fourth-order valence-electron chi connectivity index (χ4n) is 3.09. The van der Waals surface area contributed by atoms with Gasteiger partial charge in [0.05, 0.1) is 0 Å². The normalized spacial score (nSPS) is 11.3. The van der Waals surface area contributed by atoms with E-state index in [-0.39, 0.29) is 0 Å². The number of benzene rings is 2. The number of aromatic nitrogens is 2. The van der Waals surface area contributed by atoms with Gasteiger partial charge in [0.15, 0.2) is 0 Å². The molecule has 4 heteroatoms. The summed E-state index contributed by atoms with van der Waals surface area (Å²) in [5.74, 6) is 1.07. The molecule has 2 aromatic carbocycles. The third-order valence-corrected chi connectivity index (χ3v) is 3.91. The van der Waals surface area contributed by atoms with Gasteiger partial charge < -0.3 is 8.83 Å². The Kier molecular flexibility index (Phi) is 3.27. The van der Waals surface area contributed by atoms with Gasteiger partial charge in [0.2, 0.25) is 11.8 Å². The molecule has 0 N–H and O–H groups in total. The summed E-state index contributed by atoms with van der Waals surface area (Å²) >= 11 is 0. The van der Waals surface area contributed by atoms with Crippen LogP contribution >= 0.6 is 0 Å². The molecule has 0 saturated carbocycles. The highest BCUT2D eigenvalue weighted by Crippen LogP contribution is 2.30. The van der Waals surface area contributed by atoms with Gasteiger partial charge in [-0.25, -0.2) is 0 Å². The van der Waals surface area contributed by atoms with Crippen LogP contribution in [0.4, 0.5) is 0 Å². The van der Waals surface area contributed by atoms with Crippen molar-refractivity contribution in [3.05, 3.63) is 58.7 Å². The lowest BCUT2D eigenvalue weighted by Crippen LogP contribution is -1.84. The molecule has 0 atom stereocenters. The molecule has 0 bridgehead atoms. The maximum absolute atomic E-state index is 5.81. The maximum atomic E-state index is 5.81. The average molecular weight is 318 g/mol. The van der Waals surface area contributed by atoms with Crippen molar-refractivity contribution in [1.82, 2.24) is 9.97 Å². The van der Waals surface area contributed by atoms with Gasteiger partial charge in [-0.05, 0) is 52.0 Å². The highest BCUT2D eigenvalue weighted by Gasteiger charge is 2.17. The van der Waals surface area contributed by atoms with E-state index in [1.165, 1.54) is 22.3 Å². The third-order valence-electron chi connectivity index (χ3n) is 3.91. The Bertz CT molecular complexity index is 904. The Morgan fingerprint density at radius 1 is 0.542 bits per heavy atom. The number of rotatable bonds is 2. The van der Waals surface area contributed by atoms with E-state index >= 15 is 0 Å². The summed E-state index contributed by atoms with van der Waals surface area (Å²) in [5.41, 5.74) is 7.42. The molecule has 24 heavy (non-hydrogen) atoms. The number of fused-ring (bicyclic) bond motifs is 1. The molecule has 0 aliphatic carbocycles. The minimum Gasteiger partial charge on any atom is -0.415 e. The van der Waals surface area contributed by atoms with E-state index in [0.29, 0.717) is 23.2 Å². The number of aryl methyl sites for hydroxylation is 4. The summed E-state index contributed by atoms with van der Waals surface area (Å²) < 4.78 is 11.6. The second kappa shape index (κ2) is 5.34. The lowest BCUT2D eigenvalue weighted by molar-refractivity contribution is 0.597. The van der Waals surface area contributed by atoms with Crippen molar-refractivity contribution in [1.29, 1.82) is 0 Å². The quantitative estimate of drug-likeness (QED) is 0.497. The van der Waals surface area contributed by atoms with Crippen LogP contribution in [0.15, 0.2) is 45.2 Å². The highest BCUT2D eigenvalue weighted by atomic mass is 16.4. The molecule has 0 unspecified atom stereocenters. The second-order valence-electron chi connectivity index (χ2n) is 6.40. The van der Waals surface area contributed by atoms with Crippen LogP contribution < -0.4 is 0 Å². The van der Waals surface area contributed by atoms with Gasteiger partial charge in [-0.1, -0.05) is 34.4 Å². The van der Waals surface area contributed by atoms with Crippen molar-refractivity contribution in [2.24, 2.45) is 0 Å². The maximum Gasteiger partial charge on any atom is 0.288 e. The first kappa shape index (κ1) is 14.7. The van der Waals surface area contributed by atoms with Crippen molar-refractivity contribution < 1.29 is 8.83 Å². The molecule has 0 fully saturated rings. The zero-order valence-electron chi connectivity index (χ0n) is 14.2. The van der Waals surface area contributed by atoms with Crippen molar-refractivity contribution in [3.8, 4) is 22.9 Å². The molecule has 4 aromatic rings. The molecule has 0 aliphatic heterocycles. The Labute approximate surface area is 140 Å². The largest absolute Gasteiger partial charge is 0.415 e. The molecule has 0 radical (unpaired) electrons. The predicted octanol–water partition coefficient (Wildman–Crippen LogP) is 5.38. The van der Waals surface area contributed by atoms with Gasteiger partial charge in [-0.3, -0.25) is 0 Å². The molecule has 2 heterocycles. The van der Waals surface area contributed by atoms with Crippen LogP contribution in [0.5, 0.6) is 0 Å².